The van der Waals surface area contributed by atoms with Gasteiger partial charge in [-0.25, -0.2) is 0 Å². The highest BCUT2D eigenvalue weighted by Gasteiger charge is 2.20. The van der Waals surface area contributed by atoms with Gasteiger partial charge in [-0.2, -0.15) is 5.10 Å². The predicted molar refractivity (Wildman–Crippen MR) is 118 cm³/mol. The van der Waals surface area contributed by atoms with Crippen LogP contribution in [-0.4, -0.2) is 38.3 Å². The summed E-state index contributed by atoms with van der Waals surface area (Å²) >= 11 is 0. The summed E-state index contributed by atoms with van der Waals surface area (Å²) in [5.74, 6) is 0.878. The van der Waals surface area contributed by atoms with Crippen molar-refractivity contribution < 1.29 is 9.84 Å². The number of aromatic amines is 1. The highest BCUT2D eigenvalue weighted by atomic mass is 16.5. The summed E-state index contributed by atoms with van der Waals surface area (Å²) in [4.78, 5) is 6.39. The zero-order chi connectivity index (χ0) is 21.0. The van der Waals surface area contributed by atoms with Crippen LogP contribution in [0.15, 0.2) is 79.3 Å². The molecule has 2 aromatic carbocycles. The minimum atomic E-state index is -0.691. The molecular formula is C25H24N4O2. The first kappa shape index (κ1) is 19.5. The number of pyridine rings is 1. The molecule has 2 aromatic heterocycles. The molecule has 0 saturated carbocycles. The topological polar surface area (TPSA) is 74.3 Å². The molecule has 0 fully saturated rings. The Kier molecular flexibility index (Phi) is 5.48. The smallest absolute Gasteiger partial charge is 0.123 e. The maximum absolute atomic E-state index is 10.8. The number of benzene rings is 2. The van der Waals surface area contributed by atoms with Crippen LogP contribution in [0, 0.1) is 0 Å². The minimum absolute atomic E-state index is 0.623. The van der Waals surface area contributed by atoms with Crippen molar-refractivity contribution in [2.24, 2.45) is 0 Å². The van der Waals surface area contributed by atoms with E-state index in [0.29, 0.717) is 6.61 Å². The second-order valence-electron chi connectivity index (χ2n) is 7.75. The second-order valence-corrected chi connectivity index (χ2v) is 7.75. The van der Waals surface area contributed by atoms with Gasteiger partial charge in [0.2, 0.25) is 0 Å². The lowest BCUT2D eigenvalue weighted by molar-refractivity contribution is 0.218. The van der Waals surface area contributed by atoms with Gasteiger partial charge in [-0.15, -0.1) is 0 Å². The molecule has 31 heavy (non-hydrogen) atoms. The number of fused-ring (bicyclic) bond motifs is 1. The Balaban J connectivity index is 1.38. The summed E-state index contributed by atoms with van der Waals surface area (Å²) in [6.07, 6.45) is 4.60. The van der Waals surface area contributed by atoms with E-state index in [1.807, 2.05) is 54.7 Å². The number of hydrogen-bond acceptors (Lipinski definition) is 5. The van der Waals surface area contributed by atoms with Crippen molar-refractivity contribution in [3.8, 4) is 17.0 Å². The molecule has 1 atom stereocenters. The van der Waals surface area contributed by atoms with Gasteiger partial charge in [0.25, 0.3) is 0 Å². The van der Waals surface area contributed by atoms with Crippen LogP contribution in [-0.2, 0) is 13.1 Å². The number of nitrogens with zero attached hydrogens (tertiary/aromatic N) is 3. The van der Waals surface area contributed by atoms with E-state index in [9.17, 15) is 5.11 Å². The number of H-pyrrole nitrogens is 1. The summed E-state index contributed by atoms with van der Waals surface area (Å²) in [5, 5.41) is 18.2. The van der Waals surface area contributed by atoms with Crippen LogP contribution < -0.4 is 4.74 Å². The number of aliphatic hydroxyl groups is 1. The molecular weight excluding hydrogens is 388 g/mol. The fourth-order valence-corrected chi connectivity index (χ4v) is 4.04. The molecule has 1 aliphatic rings. The molecule has 156 valence electrons. The Bertz CT molecular complexity index is 1140. The van der Waals surface area contributed by atoms with Crippen LogP contribution in [0.2, 0.25) is 0 Å². The van der Waals surface area contributed by atoms with E-state index in [2.05, 4.69) is 32.2 Å². The first-order valence-corrected chi connectivity index (χ1v) is 10.4. The molecule has 1 aliphatic heterocycles. The summed E-state index contributed by atoms with van der Waals surface area (Å²) in [6.45, 7) is 2.94. The van der Waals surface area contributed by atoms with Crippen molar-refractivity contribution in [3.05, 3.63) is 102 Å². The molecule has 0 spiro atoms. The lowest BCUT2D eigenvalue weighted by Crippen LogP contribution is -2.25. The quantitative estimate of drug-likeness (QED) is 0.519. The summed E-state index contributed by atoms with van der Waals surface area (Å²) in [6, 6.07) is 19.9. The lowest BCUT2D eigenvalue weighted by atomic mass is 9.99. The maximum atomic E-state index is 10.8. The maximum Gasteiger partial charge on any atom is 0.123 e. The van der Waals surface area contributed by atoms with E-state index >= 15 is 0 Å². The molecule has 0 aliphatic carbocycles. The van der Waals surface area contributed by atoms with Crippen molar-refractivity contribution in [2.45, 2.75) is 19.2 Å². The van der Waals surface area contributed by atoms with E-state index in [0.717, 1.165) is 58.9 Å². The highest BCUT2D eigenvalue weighted by Crippen LogP contribution is 2.30. The fourth-order valence-electron chi connectivity index (χ4n) is 4.04. The standard InChI is InChI=1S/C25H24N4O2/c30-25(19-8-10-26-11-9-19)20-6-7-23-21(14-20)16-29(12-13-31-23)17-22-15-27-28-24(22)18-4-2-1-3-5-18/h1-11,14-15,25,30H,12-13,16-17H2,(H,27,28). The monoisotopic (exact) mass is 412 g/mol. The Morgan fingerprint density at radius 2 is 1.87 bits per heavy atom. The van der Waals surface area contributed by atoms with Crippen molar-refractivity contribution in [2.75, 3.05) is 13.2 Å². The predicted octanol–water partition coefficient (Wildman–Crippen LogP) is 3.95. The van der Waals surface area contributed by atoms with Crippen LogP contribution in [0.5, 0.6) is 5.75 Å². The Labute approximate surface area is 181 Å². The van der Waals surface area contributed by atoms with Crippen LogP contribution in [0.25, 0.3) is 11.3 Å². The molecule has 0 radical (unpaired) electrons. The third kappa shape index (κ3) is 4.21. The average molecular weight is 412 g/mol. The molecule has 0 amide bonds. The van der Waals surface area contributed by atoms with Crippen molar-refractivity contribution >= 4 is 0 Å². The highest BCUT2D eigenvalue weighted by molar-refractivity contribution is 5.62. The number of hydrogen-bond donors (Lipinski definition) is 2. The molecule has 0 bridgehead atoms. The number of ether oxygens (including phenoxy) is 1. The first-order valence-electron chi connectivity index (χ1n) is 10.4. The van der Waals surface area contributed by atoms with Gasteiger partial charge in [-0.1, -0.05) is 36.4 Å². The lowest BCUT2D eigenvalue weighted by Gasteiger charge is -2.20. The van der Waals surface area contributed by atoms with Gasteiger partial charge < -0.3 is 9.84 Å². The van der Waals surface area contributed by atoms with Crippen LogP contribution in [0.1, 0.15) is 28.4 Å². The van der Waals surface area contributed by atoms with E-state index < -0.39 is 6.10 Å². The summed E-state index contributed by atoms with van der Waals surface area (Å²) < 4.78 is 6.00. The third-order valence-electron chi connectivity index (χ3n) is 5.66. The van der Waals surface area contributed by atoms with E-state index in [4.69, 9.17) is 4.74 Å². The molecule has 3 heterocycles. The first-order chi connectivity index (χ1) is 15.3. The van der Waals surface area contributed by atoms with Gasteiger partial charge in [0.1, 0.15) is 18.5 Å². The van der Waals surface area contributed by atoms with Gasteiger partial charge >= 0.3 is 0 Å². The number of nitrogens with one attached hydrogen (secondary N) is 1. The SMILES string of the molecule is OC(c1ccncc1)c1ccc2c(c1)CN(Cc1cn[nH]c1-c1ccccc1)CCO2. The zero-order valence-corrected chi connectivity index (χ0v) is 17.1. The Morgan fingerprint density at radius 3 is 2.71 bits per heavy atom. The molecule has 1 unspecified atom stereocenters. The van der Waals surface area contributed by atoms with Gasteiger partial charge in [-0.3, -0.25) is 15.0 Å². The number of aliphatic hydroxyl groups excluding tert-OH is 1. The molecule has 2 N–H and O–H groups in total. The van der Waals surface area contributed by atoms with E-state index in [1.54, 1.807) is 12.4 Å². The van der Waals surface area contributed by atoms with E-state index in [-0.39, 0.29) is 0 Å². The van der Waals surface area contributed by atoms with E-state index in [1.165, 1.54) is 0 Å². The normalized spacial score (nSPS) is 15.0. The van der Waals surface area contributed by atoms with Crippen molar-refractivity contribution in [1.29, 1.82) is 0 Å². The Hall–Kier alpha value is -3.48. The van der Waals surface area contributed by atoms with Gasteiger partial charge in [0, 0.05) is 43.2 Å². The van der Waals surface area contributed by atoms with Crippen LogP contribution in [0.4, 0.5) is 0 Å². The molecule has 5 rings (SSSR count). The third-order valence-corrected chi connectivity index (χ3v) is 5.66. The Morgan fingerprint density at radius 1 is 1.03 bits per heavy atom. The van der Waals surface area contributed by atoms with Crippen LogP contribution >= 0.6 is 0 Å². The molecule has 4 aromatic rings. The summed E-state index contributed by atoms with van der Waals surface area (Å²) in [5.41, 5.74) is 6.09. The second kappa shape index (κ2) is 8.71. The number of aromatic nitrogens is 3. The average Bonchev–Trinajstić information content (AvgIpc) is 3.18. The molecule has 6 nitrogen and oxygen atoms in total. The van der Waals surface area contributed by atoms with Crippen LogP contribution in [0.3, 0.4) is 0 Å². The molecule has 6 heteroatoms. The molecule has 0 saturated heterocycles. The number of rotatable bonds is 5. The fraction of sp³-hybridized carbons (Fsp3) is 0.200. The van der Waals surface area contributed by atoms with Gasteiger partial charge in [0.15, 0.2) is 0 Å². The summed E-state index contributed by atoms with van der Waals surface area (Å²) in [7, 11) is 0. The van der Waals surface area contributed by atoms with Gasteiger partial charge in [-0.05, 0) is 41.0 Å². The zero-order valence-electron chi connectivity index (χ0n) is 17.1. The minimum Gasteiger partial charge on any atom is -0.492 e. The van der Waals surface area contributed by atoms with Gasteiger partial charge in [0.05, 0.1) is 11.9 Å². The largest absolute Gasteiger partial charge is 0.492 e. The van der Waals surface area contributed by atoms with Crippen molar-refractivity contribution in [3.63, 3.8) is 0 Å². The van der Waals surface area contributed by atoms with Crippen molar-refractivity contribution in [1.82, 2.24) is 20.1 Å².